The second-order valence-corrected chi connectivity index (χ2v) is 5.53. The van der Waals surface area contributed by atoms with Gasteiger partial charge in [-0.15, -0.1) is 0 Å². The molecule has 92 valence electrons. The zero-order valence-corrected chi connectivity index (χ0v) is 9.82. The van der Waals surface area contributed by atoms with Gasteiger partial charge in [-0.3, -0.25) is 4.79 Å². The smallest absolute Gasteiger partial charge is 0.309 e. The lowest BCUT2D eigenvalue weighted by Gasteiger charge is -2.42. The van der Waals surface area contributed by atoms with Crippen LogP contribution in [0.4, 0.5) is 0 Å². The van der Waals surface area contributed by atoms with E-state index in [0.29, 0.717) is 5.92 Å². The summed E-state index contributed by atoms with van der Waals surface area (Å²) in [5, 5.41) is 19.0. The van der Waals surface area contributed by atoms with Crippen molar-refractivity contribution in [1.82, 2.24) is 0 Å². The second kappa shape index (κ2) is 4.74. The average Bonchev–Trinajstić information content (AvgIpc) is 2.30. The molecule has 2 aliphatic rings. The van der Waals surface area contributed by atoms with E-state index in [4.69, 9.17) is 0 Å². The average molecular weight is 226 g/mol. The van der Waals surface area contributed by atoms with E-state index in [2.05, 4.69) is 0 Å². The Morgan fingerprint density at radius 1 is 1.00 bits per heavy atom. The van der Waals surface area contributed by atoms with Gasteiger partial charge in [0, 0.05) is 0 Å². The molecule has 16 heavy (non-hydrogen) atoms. The van der Waals surface area contributed by atoms with Crippen molar-refractivity contribution >= 4 is 5.97 Å². The van der Waals surface area contributed by atoms with E-state index in [0.717, 1.165) is 51.4 Å². The van der Waals surface area contributed by atoms with E-state index < -0.39 is 11.4 Å². The van der Waals surface area contributed by atoms with Crippen molar-refractivity contribution in [3.05, 3.63) is 0 Å². The van der Waals surface area contributed by atoms with E-state index in [1.807, 2.05) is 0 Å². The highest BCUT2D eigenvalue weighted by molar-refractivity contribution is 5.75. The Labute approximate surface area is 96.9 Å². The van der Waals surface area contributed by atoms with Crippen molar-refractivity contribution in [3.8, 4) is 0 Å². The molecule has 0 radical (unpaired) electrons. The molecule has 0 heterocycles. The molecule has 2 fully saturated rings. The van der Waals surface area contributed by atoms with Gasteiger partial charge in [-0.1, -0.05) is 19.3 Å². The number of rotatable bonds is 2. The molecule has 0 saturated heterocycles. The molecule has 0 amide bonds. The third kappa shape index (κ3) is 2.10. The van der Waals surface area contributed by atoms with Gasteiger partial charge in [0.2, 0.25) is 0 Å². The van der Waals surface area contributed by atoms with Crippen LogP contribution < -0.4 is 0 Å². The van der Waals surface area contributed by atoms with E-state index in [1.165, 1.54) is 6.42 Å². The van der Waals surface area contributed by atoms with Gasteiger partial charge in [0.05, 0.1) is 11.5 Å². The summed E-state index contributed by atoms with van der Waals surface area (Å²) in [5.41, 5.74) is -0.460. The highest BCUT2D eigenvalue weighted by atomic mass is 16.4. The van der Waals surface area contributed by atoms with Gasteiger partial charge in [-0.25, -0.2) is 0 Å². The maximum atomic E-state index is 11.6. The summed E-state index contributed by atoms with van der Waals surface area (Å²) in [6.45, 7) is 0. The molecule has 3 nitrogen and oxygen atoms in total. The standard InChI is InChI=1S/C13H22O3/c14-11-6-4-10(5-7-11)13(12(15)16)8-2-1-3-9-13/h10-11,14H,1-9H2,(H,15,16). The van der Waals surface area contributed by atoms with Crippen LogP contribution in [0.25, 0.3) is 0 Å². The van der Waals surface area contributed by atoms with Crippen LogP contribution in [0.5, 0.6) is 0 Å². The highest BCUT2D eigenvalue weighted by Gasteiger charge is 2.46. The van der Waals surface area contributed by atoms with Crippen LogP contribution in [0.2, 0.25) is 0 Å². The Kier molecular flexibility index (Phi) is 3.53. The normalized spacial score (nSPS) is 34.6. The third-order valence-electron chi connectivity index (χ3n) is 4.65. The number of carboxylic acids is 1. The zero-order valence-electron chi connectivity index (χ0n) is 9.82. The first kappa shape index (κ1) is 11.9. The second-order valence-electron chi connectivity index (χ2n) is 5.53. The topological polar surface area (TPSA) is 57.5 Å². The largest absolute Gasteiger partial charge is 0.481 e. The van der Waals surface area contributed by atoms with E-state index >= 15 is 0 Å². The fourth-order valence-electron chi connectivity index (χ4n) is 3.61. The van der Waals surface area contributed by atoms with Gasteiger partial charge in [0.15, 0.2) is 0 Å². The maximum Gasteiger partial charge on any atom is 0.309 e. The molecule has 2 aliphatic carbocycles. The molecule has 3 heteroatoms. The summed E-state index contributed by atoms with van der Waals surface area (Å²) in [4.78, 5) is 11.6. The number of aliphatic carboxylic acids is 1. The van der Waals surface area contributed by atoms with Crippen LogP contribution in [-0.4, -0.2) is 22.3 Å². The summed E-state index contributed by atoms with van der Waals surface area (Å²) in [7, 11) is 0. The molecule has 0 atom stereocenters. The fourth-order valence-corrected chi connectivity index (χ4v) is 3.61. The first-order valence-corrected chi connectivity index (χ1v) is 6.56. The predicted molar refractivity (Wildman–Crippen MR) is 61.1 cm³/mol. The number of carboxylic acid groups (broad SMARTS) is 1. The van der Waals surface area contributed by atoms with Crippen LogP contribution in [0.3, 0.4) is 0 Å². The lowest BCUT2D eigenvalue weighted by Crippen LogP contribution is -2.42. The minimum Gasteiger partial charge on any atom is -0.481 e. The molecular formula is C13H22O3. The van der Waals surface area contributed by atoms with Crippen LogP contribution in [0.1, 0.15) is 57.8 Å². The molecule has 0 aromatic rings. The summed E-state index contributed by atoms with van der Waals surface area (Å²) in [6, 6.07) is 0. The van der Waals surface area contributed by atoms with Gasteiger partial charge in [-0.05, 0) is 44.4 Å². The van der Waals surface area contributed by atoms with Crippen LogP contribution >= 0.6 is 0 Å². The third-order valence-corrected chi connectivity index (χ3v) is 4.65. The van der Waals surface area contributed by atoms with Crippen LogP contribution in [0, 0.1) is 11.3 Å². The highest BCUT2D eigenvalue weighted by Crippen LogP contribution is 2.48. The Bertz CT molecular complexity index is 248. The van der Waals surface area contributed by atoms with Crippen molar-refractivity contribution in [2.24, 2.45) is 11.3 Å². The van der Waals surface area contributed by atoms with Gasteiger partial charge in [-0.2, -0.15) is 0 Å². The molecule has 0 aromatic carbocycles. The minimum atomic E-state index is -0.589. The Morgan fingerprint density at radius 3 is 2.06 bits per heavy atom. The number of hydrogen-bond donors (Lipinski definition) is 2. The maximum absolute atomic E-state index is 11.6. The van der Waals surface area contributed by atoms with Crippen molar-refractivity contribution in [1.29, 1.82) is 0 Å². The predicted octanol–water partition coefficient (Wildman–Crippen LogP) is 2.57. The van der Waals surface area contributed by atoms with Crippen LogP contribution in [0.15, 0.2) is 0 Å². The number of aliphatic hydroxyl groups is 1. The Morgan fingerprint density at radius 2 is 1.56 bits per heavy atom. The van der Waals surface area contributed by atoms with E-state index in [9.17, 15) is 15.0 Å². The fraction of sp³-hybridized carbons (Fsp3) is 0.923. The summed E-state index contributed by atoms with van der Waals surface area (Å²) >= 11 is 0. The zero-order chi connectivity index (χ0) is 11.6. The molecule has 0 aliphatic heterocycles. The summed E-state index contributed by atoms with van der Waals surface area (Å²) < 4.78 is 0. The summed E-state index contributed by atoms with van der Waals surface area (Å²) in [5.74, 6) is -0.290. The quantitative estimate of drug-likeness (QED) is 0.760. The van der Waals surface area contributed by atoms with Gasteiger partial charge in [0.25, 0.3) is 0 Å². The molecule has 0 spiro atoms. The van der Waals surface area contributed by atoms with Crippen molar-refractivity contribution in [2.45, 2.75) is 63.9 Å². The summed E-state index contributed by atoms with van der Waals surface area (Å²) in [6.07, 6.45) is 8.19. The van der Waals surface area contributed by atoms with Gasteiger partial charge >= 0.3 is 5.97 Å². The number of carbonyl (C=O) groups is 1. The van der Waals surface area contributed by atoms with Crippen molar-refractivity contribution in [3.63, 3.8) is 0 Å². The lowest BCUT2D eigenvalue weighted by molar-refractivity contribution is -0.157. The molecule has 0 bridgehead atoms. The monoisotopic (exact) mass is 226 g/mol. The van der Waals surface area contributed by atoms with Gasteiger partial charge in [0.1, 0.15) is 0 Å². The molecule has 2 rings (SSSR count). The van der Waals surface area contributed by atoms with Crippen LogP contribution in [-0.2, 0) is 4.79 Å². The molecular weight excluding hydrogens is 204 g/mol. The Balaban J connectivity index is 2.09. The molecule has 2 N–H and O–H groups in total. The minimum absolute atomic E-state index is 0.189. The number of hydrogen-bond acceptors (Lipinski definition) is 2. The Hall–Kier alpha value is -0.570. The van der Waals surface area contributed by atoms with Gasteiger partial charge < -0.3 is 10.2 Å². The SMILES string of the molecule is O=C(O)C1(C2CCC(O)CC2)CCCCC1. The first-order chi connectivity index (χ1) is 7.65. The first-order valence-electron chi connectivity index (χ1n) is 6.56. The van der Waals surface area contributed by atoms with Crippen molar-refractivity contribution < 1.29 is 15.0 Å². The van der Waals surface area contributed by atoms with Crippen molar-refractivity contribution in [2.75, 3.05) is 0 Å². The van der Waals surface area contributed by atoms with E-state index in [-0.39, 0.29) is 6.10 Å². The lowest BCUT2D eigenvalue weighted by atomic mass is 9.61. The van der Waals surface area contributed by atoms with E-state index in [1.54, 1.807) is 0 Å². The molecule has 0 unspecified atom stereocenters. The number of aliphatic hydroxyl groups excluding tert-OH is 1. The molecule has 2 saturated carbocycles. The molecule has 0 aromatic heterocycles.